The first kappa shape index (κ1) is 16.7. The Morgan fingerprint density at radius 2 is 1.96 bits per heavy atom. The molecule has 1 N–H and O–H groups in total. The third-order valence-electron chi connectivity index (χ3n) is 4.87. The summed E-state index contributed by atoms with van der Waals surface area (Å²) >= 11 is 0. The zero-order valence-corrected chi connectivity index (χ0v) is 14.5. The first-order valence-electron chi connectivity index (χ1n) is 8.63. The lowest BCUT2D eigenvalue weighted by molar-refractivity contribution is -0.131. The molecule has 5 nitrogen and oxygen atoms in total. The van der Waals surface area contributed by atoms with E-state index in [4.69, 9.17) is 0 Å². The number of hydrogen-bond acceptors (Lipinski definition) is 3. The Morgan fingerprint density at radius 3 is 2.58 bits per heavy atom. The average molecular weight is 326 g/mol. The summed E-state index contributed by atoms with van der Waals surface area (Å²) in [4.78, 5) is 16.6. The van der Waals surface area contributed by atoms with Gasteiger partial charge in [-0.3, -0.25) is 14.8 Å². The molecule has 2 heterocycles. The molecule has 1 aromatic heterocycles. The van der Waals surface area contributed by atoms with Crippen molar-refractivity contribution in [3.63, 3.8) is 0 Å². The standard InChI is InChI=1S/C19H26N4O/c1-15-3-5-16(6-4-15)13-22(2)19(24)14-23-11-8-17(9-12-23)18-7-10-20-21-18/h3-7,10,17H,8-9,11-14H2,1-2H3,(H,20,21). The van der Waals surface area contributed by atoms with E-state index in [1.807, 2.05) is 18.1 Å². The van der Waals surface area contributed by atoms with E-state index >= 15 is 0 Å². The van der Waals surface area contributed by atoms with Crippen LogP contribution in [-0.2, 0) is 11.3 Å². The van der Waals surface area contributed by atoms with Crippen LogP contribution < -0.4 is 0 Å². The minimum atomic E-state index is 0.190. The number of H-pyrrole nitrogens is 1. The second kappa shape index (κ2) is 7.62. The Kier molecular flexibility index (Phi) is 5.30. The SMILES string of the molecule is Cc1ccc(CN(C)C(=O)CN2CCC(c3ccn[nH]3)CC2)cc1. The lowest BCUT2D eigenvalue weighted by Crippen LogP contribution is -2.41. The summed E-state index contributed by atoms with van der Waals surface area (Å²) in [6, 6.07) is 10.4. The van der Waals surface area contributed by atoms with Crippen LogP contribution >= 0.6 is 0 Å². The summed E-state index contributed by atoms with van der Waals surface area (Å²) in [5.41, 5.74) is 3.64. The molecule has 0 bridgehead atoms. The van der Waals surface area contributed by atoms with Crippen LogP contribution in [0.1, 0.15) is 35.6 Å². The molecule has 1 aliphatic rings. The van der Waals surface area contributed by atoms with E-state index in [2.05, 4.69) is 52.4 Å². The predicted molar refractivity (Wildman–Crippen MR) is 94.7 cm³/mol. The predicted octanol–water partition coefficient (Wildman–Crippen LogP) is 2.56. The van der Waals surface area contributed by atoms with Gasteiger partial charge >= 0.3 is 0 Å². The lowest BCUT2D eigenvalue weighted by atomic mass is 9.94. The van der Waals surface area contributed by atoms with Crippen molar-refractivity contribution < 1.29 is 4.79 Å². The van der Waals surface area contributed by atoms with Gasteiger partial charge in [0, 0.05) is 31.4 Å². The fourth-order valence-corrected chi connectivity index (χ4v) is 3.26. The molecule has 2 aromatic rings. The van der Waals surface area contributed by atoms with Crippen LogP contribution in [-0.4, -0.2) is 52.6 Å². The van der Waals surface area contributed by atoms with Gasteiger partial charge in [0.05, 0.1) is 6.54 Å². The van der Waals surface area contributed by atoms with E-state index in [0.29, 0.717) is 19.0 Å². The lowest BCUT2D eigenvalue weighted by Gasteiger charge is -2.32. The first-order chi connectivity index (χ1) is 11.6. The van der Waals surface area contributed by atoms with Crippen LogP contribution in [0, 0.1) is 6.92 Å². The molecule has 0 radical (unpaired) electrons. The van der Waals surface area contributed by atoms with Gasteiger partial charge in [0.2, 0.25) is 5.91 Å². The number of amides is 1. The van der Waals surface area contributed by atoms with Crippen LogP contribution in [0.5, 0.6) is 0 Å². The van der Waals surface area contributed by atoms with Gasteiger partial charge in [-0.15, -0.1) is 0 Å². The van der Waals surface area contributed by atoms with Crippen molar-refractivity contribution in [2.45, 2.75) is 32.2 Å². The molecule has 128 valence electrons. The van der Waals surface area contributed by atoms with E-state index in [9.17, 15) is 4.79 Å². The summed E-state index contributed by atoms with van der Waals surface area (Å²) in [6.45, 7) is 5.19. The normalized spacial score (nSPS) is 16.2. The third kappa shape index (κ3) is 4.23. The number of aryl methyl sites for hydroxylation is 1. The summed E-state index contributed by atoms with van der Waals surface area (Å²) in [5.74, 6) is 0.736. The van der Waals surface area contributed by atoms with E-state index in [1.54, 1.807) is 0 Å². The maximum atomic E-state index is 12.5. The van der Waals surface area contributed by atoms with Crippen LogP contribution in [0.4, 0.5) is 0 Å². The summed E-state index contributed by atoms with van der Waals surface area (Å²) in [7, 11) is 1.89. The van der Waals surface area contributed by atoms with E-state index in [-0.39, 0.29) is 5.91 Å². The molecule has 1 aromatic carbocycles. The molecule has 0 aliphatic carbocycles. The number of aromatic amines is 1. The minimum Gasteiger partial charge on any atom is -0.340 e. The number of aromatic nitrogens is 2. The second-order valence-electron chi connectivity index (χ2n) is 6.80. The van der Waals surface area contributed by atoms with E-state index in [0.717, 1.165) is 25.9 Å². The number of likely N-dealkylation sites (tertiary alicyclic amines) is 1. The Morgan fingerprint density at radius 1 is 1.25 bits per heavy atom. The number of carbonyl (C=O) groups excluding carboxylic acids is 1. The van der Waals surface area contributed by atoms with Gasteiger partial charge in [0.25, 0.3) is 0 Å². The zero-order valence-electron chi connectivity index (χ0n) is 14.5. The molecule has 1 aliphatic heterocycles. The van der Waals surface area contributed by atoms with Gasteiger partial charge in [0.1, 0.15) is 0 Å². The monoisotopic (exact) mass is 326 g/mol. The van der Waals surface area contributed by atoms with Crippen molar-refractivity contribution in [1.82, 2.24) is 20.0 Å². The van der Waals surface area contributed by atoms with Crippen LogP contribution in [0.25, 0.3) is 0 Å². The average Bonchev–Trinajstić information content (AvgIpc) is 3.12. The third-order valence-corrected chi connectivity index (χ3v) is 4.87. The fourth-order valence-electron chi connectivity index (χ4n) is 3.26. The van der Waals surface area contributed by atoms with Crippen molar-refractivity contribution in [3.8, 4) is 0 Å². The highest BCUT2D eigenvalue weighted by atomic mass is 16.2. The Balaban J connectivity index is 1.46. The number of benzene rings is 1. The highest BCUT2D eigenvalue weighted by molar-refractivity contribution is 5.78. The quantitative estimate of drug-likeness (QED) is 0.919. The maximum absolute atomic E-state index is 12.5. The largest absolute Gasteiger partial charge is 0.340 e. The number of rotatable bonds is 5. The van der Waals surface area contributed by atoms with Crippen LogP contribution in [0.2, 0.25) is 0 Å². The maximum Gasteiger partial charge on any atom is 0.236 e. The molecule has 5 heteroatoms. The first-order valence-corrected chi connectivity index (χ1v) is 8.63. The van der Waals surface area contributed by atoms with Crippen molar-refractivity contribution in [2.24, 2.45) is 0 Å². The van der Waals surface area contributed by atoms with Gasteiger partial charge in [-0.25, -0.2) is 0 Å². The summed E-state index contributed by atoms with van der Waals surface area (Å²) in [6.07, 6.45) is 3.97. The van der Waals surface area contributed by atoms with Gasteiger partial charge in [0.15, 0.2) is 0 Å². The topological polar surface area (TPSA) is 52.2 Å². The molecule has 0 saturated carbocycles. The molecule has 0 unspecified atom stereocenters. The summed E-state index contributed by atoms with van der Waals surface area (Å²) in [5, 5.41) is 7.10. The molecule has 1 saturated heterocycles. The molecule has 1 amide bonds. The van der Waals surface area contributed by atoms with Crippen molar-refractivity contribution in [1.29, 1.82) is 0 Å². The number of carbonyl (C=O) groups is 1. The number of likely N-dealkylation sites (N-methyl/N-ethyl adjacent to an activating group) is 1. The number of nitrogens with zero attached hydrogens (tertiary/aromatic N) is 3. The van der Waals surface area contributed by atoms with Gasteiger partial charge < -0.3 is 4.90 Å². The molecular weight excluding hydrogens is 300 g/mol. The fraction of sp³-hybridized carbons (Fsp3) is 0.474. The second-order valence-corrected chi connectivity index (χ2v) is 6.80. The number of hydrogen-bond donors (Lipinski definition) is 1. The molecule has 1 fully saturated rings. The number of piperidine rings is 1. The molecule has 0 spiro atoms. The molecule has 0 atom stereocenters. The number of nitrogens with one attached hydrogen (secondary N) is 1. The van der Waals surface area contributed by atoms with E-state index < -0.39 is 0 Å². The molecular formula is C19H26N4O. The Hall–Kier alpha value is -2.14. The van der Waals surface area contributed by atoms with Gasteiger partial charge in [-0.2, -0.15) is 5.10 Å². The zero-order chi connectivity index (χ0) is 16.9. The Labute approximate surface area is 143 Å². The molecule has 24 heavy (non-hydrogen) atoms. The van der Waals surface area contributed by atoms with Crippen molar-refractivity contribution in [2.75, 3.05) is 26.7 Å². The van der Waals surface area contributed by atoms with E-state index in [1.165, 1.54) is 16.8 Å². The minimum absolute atomic E-state index is 0.190. The van der Waals surface area contributed by atoms with Crippen molar-refractivity contribution >= 4 is 5.91 Å². The smallest absolute Gasteiger partial charge is 0.236 e. The highest BCUT2D eigenvalue weighted by Gasteiger charge is 2.23. The van der Waals surface area contributed by atoms with Crippen LogP contribution in [0.3, 0.4) is 0 Å². The van der Waals surface area contributed by atoms with Crippen LogP contribution in [0.15, 0.2) is 36.5 Å². The summed E-state index contributed by atoms with van der Waals surface area (Å²) < 4.78 is 0. The van der Waals surface area contributed by atoms with Crippen molar-refractivity contribution in [3.05, 3.63) is 53.3 Å². The highest BCUT2D eigenvalue weighted by Crippen LogP contribution is 2.26. The Bertz CT molecular complexity index is 643. The van der Waals surface area contributed by atoms with Gasteiger partial charge in [-0.1, -0.05) is 29.8 Å². The van der Waals surface area contributed by atoms with Gasteiger partial charge in [-0.05, 0) is 44.5 Å². The molecule has 3 rings (SSSR count).